The second kappa shape index (κ2) is 6.21. The zero-order chi connectivity index (χ0) is 15.5. The fourth-order valence-corrected chi connectivity index (χ4v) is 2.45. The Morgan fingerprint density at radius 2 is 2.05 bits per heavy atom. The van der Waals surface area contributed by atoms with Crippen LogP contribution in [0, 0.1) is 0 Å². The van der Waals surface area contributed by atoms with Crippen molar-refractivity contribution in [2.75, 3.05) is 6.61 Å². The number of rotatable bonds is 3. The van der Waals surface area contributed by atoms with Crippen LogP contribution in [0.4, 0.5) is 0 Å². The lowest BCUT2D eigenvalue weighted by Gasteiger charge is -2.22. The van der Waals surface area contributed by atoms with Crippen LogP contribution in [0.2, 0.25) is 0 Å². The quantitative estimate of drug-likeness (QED) is 0.758. The first-order valence-electron chi connectivity index (χ1n) is 7.17. The predicted octanol–water partition coefficient (Wildman–Crippen LogP) is 2.44. The summed E-state index contributed by atoms with van der Waals surface area (Å²) in [5, 5.41) is 20.9. The summed E-state index contributed by atoms with van der Waals surface area (Å²) in [6, 6.07) is 7.80. The van der Waals surface area contributed by atoms with Gasteiger partial charge in [-0.25, -0.2) is 10.3 Å². The summed E-state index contributed by atoms with van der Waals surface area (Å²) < 4.78 is 5.35. The molecule has 6 nitrogen and oxygen atoms in total. The average Bonchev–Trinajstić information content (AvgIpc) is 2.54. The molecule has 0 aromatic heterocycles. The van der Waals surface area contributed by atoms with E-state index in [1.807, 2.05) is 0 Å². The van der Waals surface area contributed by atoms with Crippen molar-refractivity contribution in [3.8, 4) is 11.5 Å². The third-order valence-electron chi connectivity index (χ3n) is 3.64. The predicted molar refractivity (Wildman–Crippen MR) is 79.4 cm³/mol. The number of carbonyl (C=O) groups excluding carboxylic acids is 1. The Labute approximate surface area is 127 Å². The van der Waals surface area contributed by atoms with Crippen LogP contribution in [0.1, 0.15) is 29.6 Å². The van der Waals surface area contributed by atoms with Crippen molar-refractivity contribution in [1.29, 1.82) is 0 Å². The maximum absolute atomic E-state index is 12.1. The molecule has 22 heavy (non-hydrogen) atoms. The Morgan fingerprint density at radius 1 is 1.23 bits per heavy atom. The van der Waals surface area contributed by atoms with Gasteiger partial charge in [-0.2, -0.15) is 0 Å². The van der Waals surface area contributed by atoms with Gasteiger partial charge in [0.2, 0.25) is 0 Å². The first-order valence-corrected chi connectivity index (χ1v) is 7.17. The second-order valence-corrected chi connectivity index (χ2v) is 5.21. The molecule has 0 spiro atoms. The normalized spacial score (nSPS) is 18.3. The summed E-state index contributed by atoms with van der Waals surface area (Å²) in [6.45, 7) is 0.612. The van der Waals surface area contributed by atoms with E-state index in [9.17, 15) is 15.0 Å². The lowest BCUT2D eigenvalue weighted by atomic mass is 10.0. The molecule has 1 fully saturated rings. The van der Waals surface area contributed by atoms with Gasteiger partial charge in [-0.15, -0.1) is 0 Å². The van der Waals surface area contributed by atoms with Gasteiger partial charge in [0, 0.05) is 18.4 Å². The number of phenols is 2. The van der Waals surface area contributed by atoms with Crippen molar-refractivity contribution >= 4 is 16.7 Å². The van der Waals surface area contributed by atoms with Gasteiger partial charge in [-0.3, -0.25) is 4.79 Å². The van der Waals surface area contributed by atoms with E-state index in [1.165, 1.54) is 18.2 Å². The Hall–Kier alpha value is -2.31. The molecular formula is C16H17NO5. The Balaban J connectivity index is 1.77. The molecule has 3 N–H and O–H groups in total. The number of hydrogen-bond acceptors (Lipinski definition) is 5. The third kappa shape index (κ3) is 2.98. The fourth-order valence-electron chi connectivity index (χ4n) is 2.45. The summed E-state index contributed by atoms with van der Waals surface area (Å²) in [5.41, 5.74) is 2.38. The number of carbonyl (C=O) groups is 1. The fraction of sp³-hybridized carbons (Fsp3) is 0.312. The van der Waals surface area contributed by atoms with E-state index in [4.69, 9.17) is 9.57 Å². The van der Waals surface area contributed by atoms with Crippen LogP contribution < -0.4 is 5.48 Å². The molecule has 1 aliphatic heterocycles. The van der Waals surface area contributed by atoms with Crippen LogP contribution in [0.5, 0.6) is 11.5 Å². The number of hydrogen-bond donors (Lipinski definition) is 3. The molecule has 0 radical (unpaired) electrons. The SMILES string of the molecule is O=C(NOC1CCCCO1)c1ccc2ccc(O)cc2c1O. The van der Waals surface area contributed by atoms with Crippen molar-refractivity contribution in [1.82, 2.24) is 5.48 Å². The highest BCUT2D eigenvalue weighted by atomic mass is 16.8. The summed E-state index contributed by atoms with van der Waals surface area (Å²) in [4.78, 5) is 17.3. The van der Waals surface area contributed by atoms with Crippen molar-refractivity contribution in [2.24, 2.45) is 0 Å². The number of amides is 1. The second-order valence-electron chi connectivity index (χ2n) is 5.21. The van der Waals surface area contributed by atoms with E-state index in [2.05, 4.69) is 5.48 Å². The molecule has 1 saturated heterocycles. The zero-order valence-corrected chi connectivity index (χ0v) is 11.9. The Morgan fingerprint density at radius 3 is 2.82 bits per heavy atom. The third-order valence-corrected chi connectivity index (χ3v) is 3.64. The minimum absolute atomic E-state index is 0.0206. The zero-order valence-electron chi connectivity index (χ0n) is 11.9. The van der Waals surface area contributed by atoms with E-state index in [1.54, 1.807) is 12.1 Å². The minimum Gasteiger partial charge on any atom is -0.508 e. The lowest BCUT2D eigenvalue weighted by Crippen LogP contribution is -2.33. The van der Waals surface area contributed by atoms with E-state index < -0.39 is 12.2 Å². The van der Waals surface area contributed by atoms with Crippen LogP contribution >= 0.6 is 0 Å². The molecule has 2 aromatic carbocycles. The van der Waals surface area contributed by atoms with Crippen molar-refractivity contribution in [3.63, 3.8) is 0 Å². The molecule has 116 valence electrons. The summed E-state index contributed by atoms with van der Waals surface area (Å²) in [5.74, 6) is -0.733. The molecular weight excluding hydrogens is 286 g/mol. The van der Waals surface area contributed by atoms with Crippen LogP contribution in [-0.2, 0) is 9.57 Å². The molecule has 0 aliphatic carbocycles. The number of hydroxylamine groups is 1. The van der Waals surface area contributed by atoms with Gasteiger partial charge < -0.3 is 14.9 Å². The Kier molecular flexibility index (Phi) is 4.13. The smallest absolute Gasteiger partial charge is 0.278 e. The molecule has 0 saturated carbocycles. The van der Waals surface area contributed by atoms with Gasteiger partial charge in [0.25, 0.3) is 5.91 Å². The molecule has 1 aliphatic rings. The van der Waals surface area contributed by atoms with Crippen molar-refractivity contribution < 1.29 is 24.6 Å². The first kappa shape index (κ1) is 14.6. The molecule has 0 bridgehead atoms. The highest BCUT2D eigenvalue weighted by Gasteiger charge is 2.18. The van der Waals surface area contributed by atoms with E-state index in [0.29, 0.717) is 12.0 Å². The van der Waals surface area contributed by atoms with Crippen molar-refractivity contribution in [2.45, 2.75) is 25.6 Å². The molecule has 3 rings (SSSR count). The van der Waals surface area contributed by atoms with Crippen molar-refractivity contribution in [3.05, 3.63) is 35.9 Å². The average molecular weight is 303 g/mol. The number of phenolic OH excluding ortho intramolecular Hbond substituents is 2. The van der Waals surface area contributed by atoms with Gasteiger partial charge >= 0.3 is 0 Å². The van der Waals surface area contributed by atoms with Crippen LogP contribution in [0.25, 0.3) is 10.8 Å². The monoisotopic (exact) mass is 303 g/mol. The van der Waals surface area contributed by atoms with Gasteiger partial charge in [-0.05, 0) is 36.4 Å². The standard InChI is InChI=1S/C16H17NO5/c18-11-6-4-10-5-7-12(15(19)13(10)9-11)16(20)17-22-14-3-1-2-8-21-14/h4-7,9,14,18-19H,1-3,8H2,(H,17,20). The summed E-state index contributed by atoms with van der Waals surface area (Å²) >= 11 is 0. The molecule has 6 heteroatoms. The van der Waals surface area contributed by atoms with E-state index in [-0.39, 0.29) is 17.1 Å². The maximum Gasteiger partial charge on any atom is 0.278 e. The van der Waals surface area contributed by atoms with Crippen LogP contribution in [0.15, 0.2) is 30.3 Å². The first-order chi connectivity index (χ1) is 10.6. The highest BCUT2D eigenvalue weighted by Crippen LogP contribution is 2.31. The topological polar surface area (TPSA) is 88.0 Å². The summed E-state index contributed by atoms with van der Waals surface area (Å²) in [6.07, 6.45) is 2.24. The molecule has 1 atom stereocenters. The molecule has 1 heterocycles. The lowest BCUT2D eigenvalue weighted by molar-refractivity contribution is -0.186. The summed E-state index contributed by atoms with van der Waals surface area (Å²) in [7, 11) is 0. The van der Waals surface area contributed by atoms with Crippen LogP contribution in [-0.4, -0.2) is 29.0 Å². The van der Waals surface area contributed by atoms with Gasteiger partial charge in [0.05, 0.1) is 5.56 Å². The number of nitrogens with one attached hydrogen (secondary N) is 1. The van der Waals surface area contributed by atoms with Gasteiger partial charge in [-0.1, -0.05) is 12.1 Å². The minimum atomic E-state index is -0.558. The highest BCUT2D eigenvalue weighted by molar-refractivity contribution is 6.03. The van der Waals surface area contributed by atoms with Crippen LogP contribution in [0.3, 0.4) is 0 Å². The number of benzene rings is 2. The molecule has 1 unspecified atom stereocenters. The van der Waals surface area contributed by atoms with E-state index >= 15 is 0 Å². The van der Waals surface area contributed by atoms with E-state index in [0.717, 1.165) is 24.6 Å². The molecule has 1 amide bonds. The number of fused-ring (bicyclic) bond motifs is 1. The van der Waals surface area contributed by atoms with Gasteiger partial charge in [0.15, 0.2) is 6.29 Å². The molecule has 2 aromatic rings. The Bertz CT molecular complexity index is 694. The largest absolute Gasteiger partial charge is 0.508 e. The maximum atomic E-state index is 12.1. The van der Waals surface area contributed by atoms with Gasteiger partial charge in [0.1, 0.15) is 11.5 Å². The number of aromatic hydroxyl groups is 2. The number of ether oxygens (including phenoxy) is 1.